The van der Waals surface area contributed by atoms with Crippen LogP contribution in [0.2, 0.25) is 0 Å². The Hall–Kier alpha value is -2.82. The van der Waals surface area contributed by atoms with Gasteiger partial charge in [-0.25, -0.2) is 0 Å². The molecule has 1 atom stereocenters. The third-order valence-electron chi connectivity index (χ3n) is 4.26. The van der Waals surface area contributed by atoms with Gasteiger partial charge in [0.05, 0.1) is 0 Å². The summed E-state index contributed by atoms with van der Waals surface area (Å²) in [6, 6.07) is 18.5. The van der Waals surface area contributed by atoms with E-state index in [9.17, 15) is 9.59 Å². The molecular formula is C23H30N2O3. The molecule has 0 unspecified atom stereocenters. The smallest absolute Gasteiger partial charge is 0.261 e. The number of nitrogens with zero attached hydrogens (tertiary/aromatic N) is 1. The zero-order chi connectivity index (χ0) is 20.6. The Morgan fingerprint density at radius 3 is 2.14 bits per heavy atom. The molecule has 0 fully saturated rings. The fourth-order valence-corrected chi connectivity index (χ4v) is 2.79. The number of ether oxygens (including phenoxy) is 1. The van der Waals surface area contributed by atoms with Crippen molar-refractivity contribution >= 4 is 11.8 Å². The number of hydrogen-bond acceptors (Lipinski definition) is 3. The first-order valence-electron chi connectivity index (χ1n) is 9.59. The van der Waals surface area contributed by atoms with Crippen molar-refractivity contribution in [2.75, 3.05) is 13.2 Å². The maximum atomic E-state index is 12.9. The minimum Gasteiger partial charge on any atom is -0.484 e. The van der Waals surface area contributed by atoms with Crippen molar-refractivity contribution in [3.05, 3.63) is 66.2 Å². The molecule has 0 aliphatic rings. The van der Waals surface area contributed by atoms with Gasteiger partial charge >= 0.3 is 0 Å². The van der Waals surface area contributed by atoms with E-state index in [1.807, 2.05) is 69.3 Å². The zero-order valence-electron chi connectivity index (χ0n) is 17.1. The molecule has 0 bridgehead atoms. The van der Waals surface area contributed by atoms with E-state index in [1.165, 1.54) is 0 Å². The van der Waals surface area contributed by atoms with Crippen molar-refractivity contribution in [3.63, 3.8) is 0 Å². The maximum Gasteiger partial charge on any atom is 0.261 e. The van der Waals surface area contributed by atoms with Gasteiger partial charge in [0.15, 0.2) is 6.61 Å². The van der Waals surface area contributed by atoms with Crippen LogP contribution in [-0.2, 0) is 16.0 Å². The molecule has 2 aromatic rings. The van der Waals surface area contributed by atoms with Gasteiger partial charge in [-0.2, -0.15) is 0 Å². The van der Waals surface area contributed by atoms with Crippen LogP contribution in [0, 0.1) is 0 Å². The number of rotatable bonds is 8. The van der Waals surface area contributed by atoms with Crippen molar-refractivity contribution in [2.24, 2.45) is 0 Å². The first-order valence-corrected chi connectivity index (χ1v) is 9.59. The summed E-state index contributed by atoms with van der Waals surface area (Å²) in [6.45, 7) is 7.86. The monoisotopic (exact) mass is 382 g/mol. The summed E-state index contributed by atoms with van der Waals surface area (Å²) in [5.74, 6) is 0.246. The van der Waals surface area contributed by atoms with Gasteiger partial charge in [0.1, 0.15) is 11.8 Å². The lowest BCUT2D eigenvalue weighted by Crippen LogP contribution is -2.53. The molecule has 2 rings (SSSR count). The van der Waals surface area contributed by atoms with Crippen LogP contribution in [0.1, 0.15) is 33.3 Å². The van der Waals surface area contributed by atoms with E-state index in [4.69, 9.17) is 4.74 Å². The number of para-hydroxylation sites is 1. The molecule has 150 valence electrons. The van der Waals surface area contributed by atoms with Crippen LogP contribution in [0.3, 0.4) is 0 Å². The number of carbonyl (C=O) groups is 2. The van der Waals surface area contributed by atoms with Gasteiger partial charge in [-0.05, 0) is 51.8 Å². The van der Waals surface area contributed by atoms with Gasteiger partial charge in [-0.3, -0.25) is 9.59 Å². The molecule has 1 N–H and O–H groups in total. The second-order valence-corrected chi connectivity index (χ2v) is 7.84. The fourth-order valence-electron chi connectivity index (χ4n) is 2.79. The third-order valence-corrected chi connectivity index (χ3v) is 4.26. The quantitative estimate of drug-likeness (QED) is 0.761. The number of carbonyl (C=O) groups excluding carboxylic acids is 2. The summed E-state index contributed by atoms with van der Waals surface area (Å²) in [5, 5.41) is 2.95. The molecule has 0 saturated carbocycles. The molecule has 5 nitrogen and oxygen atoms in total. The van der Waals surface area contributed by atoms with E-state index in [0.29, 0.717) is 18.7 Å². The van der Waals surface area contributed by atoms with Gasteiger partial charge in [0, 0.05) is 12.1 Å². The molecule has 0 aromatic heterocycles. The zero-order valence-corrected chi connectivity index (χ0v) is 17.1. The summed E-state index contributed by atoms with van der Waals surface area (Å²) >= 11 is 0. The number of amides is 2. The minimum atomic E-state index is -0.588. The Morgan fingerprint density at radius 2 is 1.57 bits per heavy atom. The standard InChI is InChI=1S/C23H30N2O3/c1-18(22(27)24-23(2,3)4)25(16-15-19-11-7-5-8-12-19)21(26)17-28-20-13-9-6-10-14-20/h5-14,18H,15-17H2,1-4H3,(H,24,27)/t18-/m1/s1. The molecule has 0 radical (unpaired) electrons. The molecule has 0 saturated heterocycles. The van der Waals surface area contributed by atoms with Crippen molar-refractivity contribution in [2.45, 2.75) is 45.7 Å². The van der Waals surface area contributed by atoms with Crippen LogP contribution in [0.15, 0.2) is 60.7 Å². The third kappa shape index (κ3) is 7.06. The molecule has 0 aliphatic heterocycles. The predicted molar refractivity (Wildman–Crippen MR) is 111 cm³/mol. The average molecular weight is 383 g/mol. The molecule has 28 heavy (non-hydrogen) atoms. The van der Waals surface area contributed by atoms with E-state index >= 15 is 0 Å². The Balaban J connectivity index is 2.07. The van der Waals surface area contributed by atoms with Crippen LogP contribution in [-0.4, -0.2) is 41.4 Å². The van der Waals surface area contributed by atoms with Crippen LogP contribution in [0.5, 0.6) is 5.75 Å². The SMILES string of the molecule is C[C@H](C(=O)NC(C)(C)C)N(CCc1ccccc1)C(=O)COc1ccccc1. The normalized spacial score (nSPS) is 12.1. The highest BCUT2D eigenvalue weighted by atomic mass is 16.5. The van der Waals surface area contributed by atoms with Crippen LogP contribution in [0.4, 0.5) is 0 Å². The highest BCUT2D eigenvalue weighted by Crippen LogP contribution is 2.11. The lowest BCUT2D eigenvalue weighted by molar-refractivity contribution is -0.142. The van der Waals surface area contributed by atoms with E-state index in [-0.39, 0.29) is 24.0 Å². The lowest BCUT2D eigenvalue weighted by Gasteiger charge is -2.31. The highest BCUT2D eigenvalue weighted by molar-refractivity contribution is 5.88. The fraction of sp³-hybridized carbons (Fsp3) is 0.391. The largest absolute Gasteiger partial charge is 0.484 e. The Morgan fingerprint density at radius 1 is 1.00 bits per heavy atom. The number of hydrogen-bond donors (Lipinski definition) is 1. The Bertz CT molecular complexity index is 754. The van der Waals surface area contributed by atoms with Crippen molar-refractivity contribution in [1.82, 2.24) is 10.2 Å². The molecule has 2 aromatic carbocycles. The lowest BCUT2D eigenvalue weighted by atomic mass is 10.1. The second-order valence-electron chi connectivity index (χ2n) is 7.84. The highest BCUT2D eigenvalue weighted by Gasteiger charge is 2.28. The molecule has 2 amide bonds. The first-order chi connectivity index (χ1) is 13.3. The van der Waals surface area contributed by atoms with Crippen molar-refractivity contribution < 1.29 is 14.3 Å². The number of nitrogens with one attached hydrogen (secondary N) is 1. The first kappa shape index (κ1) is 21.5. The number of benzene rings is 2. The average Bonchev–Trinajstić information content (AvgIpc) is 2.66. The molecule has 0 aliphatic carbocycles. The summed E-state index contributed by atoms with van der Waals surface area (Å²) in [7, 11) is 0. The topological polar surface area (TPSA) is 58.6 Å². The molecule has 0 heterocycles. The van der Waals surface area contributed by atoms with Gasteiger partial charge in [-0.1, -0.05) is 48.5 Å². The van der Waals surface area contributed by atoms with Crippen LogP contribution < -0.4 is 10.1 Å². The summed E-state index contributed by atoms with van der Waals surface area (Å²) in [5.41, 5.74) is 0.757. The van der Waals surface area contributed by atoms with Gasteiger partial charge in [-0.15, -0.1) is 0 Å². The van der Waals surface area contributed by atoms with E-state index in [1.54, 1.807) is 24.0 Å². The van der Waals surface area contributed by atoms with E-state index in [2.05, 4.69) is 5.32 Å². The maximum absolute atomic E-state index is 12.9. The van der Waals surface area contributed by atoms with Gasteiger partial charge in [0.25, 0.3) is 5.91 Å². The Labute approximate surface area is 167 Å². The summed E-state index contributed by atoms with van der Waals surface area (Å²) in [6.07, 6.45) is 0.672. The second kappa shape index (κ2) is 9.93. The van der Waals surface area contributed by atoms with Crippen LogP contribution in [0.25, 0.3) is 0 Å². The minimum absolute atomic E-state index is 0.105. The molecular weight excluding hydrogens is 352 g/mol. The Kier molecular flexibility index (Phi) is 7.61. The molecule has 0 spiro atoms. The van der Waals surface area contributed by atoms with Gasteiger partial charge in [0.2, 0.25) is 5.91 Å². The van der Waals surface area contributed by atoms with Crippen molar-refractivity contribution in [1.29, 1.82) is 0 Å². The molecule has 5 heteroatoms. The van der Waals surface area contributed by atoms with Crippen molar-refractivity contribution in [3.8, 4) is 5.75 Å². The van der Waals surface area contributed by atoms with E-state index < -0.39 is 6.04 Å². The van der Waals surface area contributed by atoms with E-state index in [0.717, 1.165) is 5.56 Å². The van der Waals surface area contributed by atoms with Gasteiger partial charge < -0.3 is 15.0 Å². The summed E-state index contributed by atoms with van der Waals surface area (Å²) in [4.78, 5) is 27.1. The van der Waals surface area contributed by atoms with Crippen LogP contribution >= 0.6 is 0 Å². The summed E-state index contributed by atoms with van der Waals surface area (Å²) < 4.78 is 5.61. The predicted octanol–water partition coefficient (Wildman–Crippen LogP) is 3.44.